The molecule has 0 N–H and O–H groups in total. The number of aromatic nitrogens is 1. The van der Waals surface area contributed by atoms with Crippen LogP contribution in [0.2, 0.25) is 0 Å². The molecule has 0 aliphatic carbocycles. The molecule has 0 radical (unpaired) electrons. The average Bonchev–Trinajstić information content (AvgIpc) is 3.38. The summed E-state index contributed by atoms with van der Waals surface area (Å²) < 4.78 is 27.2. The SMILES string of the molecule is O=C(c1cscn1)N1CCC(C2CCN(Cc3cccc(F)c3F)CC2)C1. The average molecular weight is 391 g/mol. The third-order valence-electron chi connectivity index (χ3n) is 5.89. The lowest BCUT2D eigenvalue weighted by atomic mass is 9.83. The van der Waals surface area contributed by atoms with E-state index >= 15 is 0 Å². The first-order valence-corrected chi connectivity index (χ1v) is 10.4. The summed E-state index contributed by atoms with van der Waals surface area (Å²) in [4.78, 5) is 20.7. The fourth-order valence-electron chi connectivity index (χ4n) is 4.33. The standard InChI is InChI=1S/C20H23F2N3OS/c21-17-3-1-2-16(19(17)22)10-24-7-4-14(5-8-24)15-6-9-25(11-15)20(26)18-12-27-13-23-18/h1-3,12-15H,4-11H2. The maximum absolute atomic E-state index is 13.9. The normalized spacial score (nSPS) is 21.7. The monoisotopic (exact) mass is 391 g/mol. The second-order valence-electron chi connectivity index (χ2n) is 7.50. The molecule has 1 aromatic heterocycles. The van der Waals surface area contributed by atoms with E-state index in [1.807, 2.05) is 4.90 Å². The highest BCUT2D eigenvalue weighted by Crippen LogP contribution is 2.33. The van der Waals surface area contributed by atoms with Gasteiger partial charge in [0.15, 0.2) is 11.6 Å². The topological polar surface area (TPSA) is 36.4 Å². The number of benzene rings is 1. The fourth-order valence-corrected chi connectivity index (χ4v) is 4.86. The minimum atomic E-state index is -0.779. The van der Waals surface area contributed by atoms with Gasteiger partial charge in [0, 0.05) is 30.6 Å². The van der Waals surface area contributed by atoms with Gasteiger partial charge in [0.05, 0.1) is 5.51 Å². The van der Waals surface area contributed by atoms with Crippen molar-refractivity contribution in [3.63, 3.8) is 0 Å². The van der Waals surface area contributed by atoms with Crippen LogP contribution in [0, 0.1) is 23.5 Å². The largest absolute Gasteiger partial charge is 0.337 e. The Morgan fingerprint density at radius 3 is 2.67 bits per heavy atom. The molecule has 144 valence electrons. The second kappa shape index (κ2) is 8.02. The lowest BCUT2D eigenvalue weighted by Crippen LogP contribution is -2.37. The summed E-state index contributed by atoms with van der Waals surface area (Å²) in [5.74, 6) is -0.352. The first-order valence-electron chi connectivity index (χ1n) is 9.44. The number of carbonyl (C=O) groups is 1. The zero-order valence-corrected chi connectivity index (χ0v) is 15.9. The van der Waals surface area contributed by atoms with Crippen LogP contribution in [0.1, 0.15) is 35.3 Å². The third kappa shape index (κ3) is 4.04. The number of halogens is 2. The van der Waals surface area contributed by atoms with Crippen LogP contribution in [0.5, 0.6) is 0 Å². The summed E-state index contributed by atoms with van der Waals surface area (Å²) in [5.41, 5.74) is 2.67. The van der Waals surface area contributed by atoms with Gasteiger partial charge in [0.25, 0.3) is 5.91 Å². The molecule has 2 fully saturated rings. The van der Waals surface area contributed by atoms with Crippen molar-refractivity contribution in [2.24, 2.45) is 11.8 Å². The molecule has 1 atom stereocenters. The Morgan fingerprint density at radius 2 is 1.93 bits per heavy atom. The lowest BCUT2D eigenvalue weighted by molar-refractivity contribution is 0.0768. The van der Waals surface area contributed by atoms with Gasteiger partial charge < -0.3 is 4.90 Å². The van der Waals surface area contributed by atoms with Crippen molar-refractivity contribution < 1.29 is 13.6 Å². The van der Waals surface area contributed by atoms with Crippen LogP contribution < -0.4 is 0 Å². The van der Waals surface area contributed by atoms with E-state index in [1.165, 1.54) is 11.3 Å². The number of piperidine rings is 1. The third-order valence-corrected chi connectivity index (χ3v) is 6.47. The van der Waals surface area contributed by atoms with Crippen LogP contribution in [0.3, 0.4) is 0 Å². The van der Waals surface area contributed by atoms with Gasteiger partial charge in [-0.25, -0.2) is 13.8 Å². The highest BCUT2D eigenvalue weighted by Gasteiger charge is 2.34. The van der Waals surface area contributed by atoms with Gasteiger partial charge in [-0.05, 0) is 50.3 Å². The van der Waals surface area contributed by atoms with Crippen molar-refractivity contribution in [3.05, 3.63) is 52.0 Å². The number of amides is 1. The summed E-state index contributed by atoms with van der Waals surface area (Å²) in [6, 6.07) is 4.38. The molecule has 2 aliphatic rings. The molecular weight excluding hydrogens is 368 g/mol. The molecule has 27 heavy (non-hydrogen) atoms. The Morgan fingerprint density at radius 1 is 1.15 bits per heavy atom. The van der Waals surface area contributed by atoms with Gasteiger partial charge in [-0.3, -0.25) is 9.69 Å². The number of thiazole rings is 1. The van der Waals surface area contributed by atoms with Crippen molar-refractivity contribution in [3.8, 4) is 0 Å². The zero-order chi connectivity index (χ0) is 18.8. The predicted molar refractivity (Wildman–Crippen MR) is 100 cm³/mol. The van der Waals surface area contributed by atoms with Gasteiger partial charge in [-0.15, -0.1) is 11.3 Å². The first-order chi connectivity index (χ1) is 13.1. The predicted octanol–water partition coefficient (Wildman–Crippen LogP) is 3.80. The molecule has 0 saturated carbocycles. The molecular formula is C20H23F2N3OS. The number of hydrogen-bond acceptors (Lipinski definition) is 4. The van der Waals surface area contributed by atoms with Crippen LogP contribution in [0.15, 0.2) is 29.1 Å². The summed E-state index contributed by atoms with van der Waals surface area (Å²) >= 11 is 1.44. The molecule has 0 spiro atoms. The Bertz CT molecular complexity index is 791. The number of hydrogen-bond donors (Lipinski definition) is 0. The van der Waals surface area contributed by atoms with E-state index in [9.17, 15) is 13.6 Å². The van der Waals surface area contributed by atoms with Crippen LogP contribution in [0.4, 0.5) is 8.78 Å². The molecule has 2 aliphatic heterocycles. The molecule has 7 heteroatoms. The fraction of sp³-hybridized carbons (Fsp3) is 0.500. The number of carbonyl (C=O) groups excluding carboxylic acids is 1. The van der Waals surface area contributed by atoms with E-state index in [-0.39, 0.29) is 5.91 Å². The van der Waals surface area contributed by atoms with Crippen LogP contribution in [-0.4, -0.2) is 46.9 Å². The Balaban J connectivity index is 1.28. The second-order valence-corrected chi connectivity index (χ2v) is 8.22. The quantitative estimate of drug-likeness (QED) is 0.796. The number of likely N-dealkylation sites (tertiary alicyclic amines) is 2. The minimum absolute atomic E-state index is 0.0396. The molecule has 2 aromatic rings. The Kier molecular flexibility index (Phi) is 5.50. The first kappa shape index (κ1) is 18.5. The minimum Gasteiger partial charge on any atom is -0.337 e. The van der Waals surface area contributed by atoms with Crippen LogP contribution in [0.25, 0.3) is 0 Å². The highest BCUT2D eigenvalue weighted by atomic mass is 32.1. The van der Waals surface area contributed by atoms with Gasteiger partial charge in [0.1, 0.15) is 5.69 Å². The number of rotatable bonds is 4. The van der Waals surface area contributed by atoms with E-state index in [0.29, 0.717) is 29.6 Å². The zero-order valence-electron chi connectivity index (χ0n) is 15.1. The van der Waals surface area contributed by atoms with Crippen molar-refractivity contribution in [2.75, 3.05) is 26.2 Å². The van der Waals surface area contributed by atoms with Gasteiger partial charge in [0.2, 0.25) is 0 Å². The van der Waals surface area contributed by atoms with Crippen molar-refractivity contribution >= 4 is 17.2 Å². The summed E-state index contributed by atoms with van der Waals surface area (Å²) in [7, 11) is 0. The Hall–Kier alpha value is -1.86. The lowest BCUT2D eigenvalue weighted by Gasteiger charge is -2.34. The molecule has 3 heterocycles. The van der Waals surface area contributed by atoms with E-state index < -0.39 is 11.6 Å². The summed E-state index contributed by atoms with van der Waals surface area (Å²) in [5, 5.41) is 1.81. The molecule has 1 unspecified atom stereocenters. The van der Waals surface area contributed by atoms with E-state index in [1.54, 1.807) is 23.0 Å². The van der Waals surface area contributed by atoms with Gasteiger partial charge in [-0.2, -0.15) is 0 Å². The number of nitrogens with zero attached hydrogens (tertiary/aromatic N) is 3. The molecule has 1 aromatic carbocycles. The van der Waals surface area contributed by atoms with E-state index in [2.05, 4.69) is 9.88 Å². The molecule has 4 nitrogen and oxygen atoms in total. The molecule has 2 saturated heterocycles. The van der Waals surface area contributed by atoms with E-state index in [4.69, 9.17) is 0 Å². The molecule has 0 bridgehead atoms. The van der Waals surface area contributed by atoms with Crippen LogP contribution in [-0.2, 0) is 6.54 Å². The summed E-state index contributed by atoms with van der Waals surface area (Å²) in [6.45, 7) is 3.83. The van der Waals surface area contributed by atoms with Crippen LogP contribution >= 0.6 is 11.3 Å². The van der Waals surface area contributed by atoms with Gasteiger partial charge >= 0.3 is 0 Å². The maximum Gasteiger partial charge on any atom is 0.273 e. The Labute approximate surface area is 161 Å². The van der Waals surface area contributed by atoms with Crippen molar-refractivity contribution in [1.29, 1.82) is 0 Å². The summed E-state index contributed by atoms with van der Waals surface area (Å²) in [6.07, 6.45) is 3.12. The maximum atomic E-state index is 13.9. The van der Waals surface area contributed by atoms with Crippen molar-refractivity contribution in [1.82, 2.24) is 14.8 Å². The molecule has 1 amide bonds. The highest BCUT2D eigenvalue weighted by molar-refractivity contribution is 7.07. The van der Waals surface area contributed by atoms with Crippen molar-refractivity contribution in [2.45, 2.75) is 25.8 Å². The smallest absolute Gasteiger partial charge is 0.273 e. The van der Waals surface area contributed by atoms with Gasteiger partial charge in [-0.1, -0.05) is 12.1 Å². The molecule has 4 rings (SSSR count). The van der Waals surface area contributed by atoms with E-state index in [0.717, 1.165) is 51.5 Å².